The van der Waals surface area contributed by atoms with Gasteiger partial charge in [0, 0.05) is 11.1 Å². The third-order valence-electron chi connectivity index (χ3n) is 4.59. The van der Waals surface area contributed by atoms with Crippen molar-refractivity contribution in [3.63, 3.8) is 0 Å². The monoisotopic (exact) mass is 375 g/mol. The first kappa shape index (κ1) is 17.4. The molecule has 0 spiro atoms. The molecule has 4 rings (SSSR count). The van der Waals surface area contributed by atoms with Crippen LogP contribution in [0, 0.1) is 6.92 Å². The Hall–Kier alpha value is -3.04. The van der Waals surface area contributed by atoms with Crippen molar-refractivity contribution in [2.45, 2.75) is 6.92 Å². The number of benzene rings is 3. The quantitative estimate of drug-likeness (QED) is 0.400. The van der Waals surface area contributed by atoms with Gasteiger partial charge in [-0.3, -0.25) is 0 Å². The average molecular weight is 376 g/mol. The molecule has 1 heterocycles. The van der Waals surface area contributed by atoms with Crippen molar-refractivity contribution in [1.82, 2.24) is 5.16 Å². The fourth-order valence-electron chi connectivity index (χ4n) is 3.17. The van der Waals surface area contributed by atoms with E-state index in [0.717, 1.165) is 39.3 Å². The van der Waals surface area contributed by atoms with Crippen LogP contribution in [-0.4, -0.2) is 12.3 Å². The molecule has 0 N–H and O–H groups in total. The van der Waals surface area contributed by atoms with Gasteiger partial charge in [-0.2, -0.15) is 0 Å². The van der Waals surface area contributed by atoms with Gasteiger partial charge in [-0.15, -0.1) is 0 Å². The second kappa shape index (κ2) is 7.29. The lowest BCUT2D eigenvalue weighted by molar-refractivity contribution is 0.414. The van der Waals surface area contributed by atoms with Crippen LogP contribution in [0.2, 0.25) is 5.02 Å². The first-order chi connectivity index (χ1) is 13.2. The third-order valence-corrected chi connectivity index (χ3v) is 4.92. The van der Waals surface area contributed by atoms with E-state index in [4.69, 9.17) is 20.9 Å². The highest BCUT2D eigenvalue weighted by atomic mass is 35.5. The van der Waals surface area contributed by atoms with Crippen LogP contribution in [0.5, 0.6) is 5.75 Å². The molecule has 3 nitrogen and oxygen atoms in total. The van der Waals surface area contributed by atoms with Crippen molar-refractivity contribution in [3.05, 3.63) is 83.4 Å². The first-order valence-corrected chi connectivity index (χ1v) is 9.02. The Balaban J connectivity index is 1.98. The Kier molecular flexibility index (Phi) is 4.69. The van der Waals surface area contributed by atoms with Crippen LogP contribution < -0.4 is 4.74 Å². The van der Waals surface area contributed by atoms with Crippen LogP contribution in [0.15, 0.2) is 77.3 Å². The van der Waals surface area contributed by atoms with Gasteiger partial charge in [0.05, 0.1) is 17.7 Å². The van der Waals surface area contributed by atoms with Gasteiger partial charge in [-0.25, -0.2) is 0 Å². The lowest BCUT2D eigenvalue weighted by atomic mass is 9.93. The number of rotatable bonds is 4. The van der Waals surface area contributed by atoms with E-state index in [0.29, 0.717) is 10.8 Å². The molecule has 0 aliphatic heterocycles. The number of aryl methyl sites for hydroxylation is 1. The number of aromatic nitrogens is 1. The van der Waals surface area contributed by atoms with Crippen molar-refractivity contribution in [2.75, 3.05) is 7.11 Å². The average Bonchev–Trinajstić information content (AvgIpc) is 3.13. The predicted molar refractivity (Wildman–Crippen MR) is 109 cm³/mol. The number of ether oxygens (including phenoxy) is 1. The Morgan fingerprint density at radius 1 is 0.852 bits per heavy atom. The van der Waals surface area contributed by atoms with E-state index in [9.17, 15) is 0 Å². The molecule has 134 valence electrons. The summed E-state index contributed by atoms with van der Waals surface area (Å²) in [5.41, 5.74) is 5.66. The second-order valence-electron chi connectivity index (χ2n) is 6.26. The van der Waals surface area contributed by atoms with Crippen LogP contribution in [0.1, 0.15) is 5.56 Å². The summed E-state index contributed by atoms with van der Waals surface area (Å²) in [5, 5.41) is 5.03. The molecule has 4 aromatic rings. The van der Waals surface area contributed by atoms with Crippen molar-refractivity contribution in [1.29, 1.82) is 0 Å². The first-order valence-electron chi connectivity index (χ1n) is 8.64. The van der Waals surface area contributed by atoms with Crippen molar-refractivity contribution < 1.29 is 9.26 Å². The summed E-state index contributed by atoms with van der Waals surface area (Å²) in [4.78, 5) is 0. The highest BCUT2D eigenvalue weighted by Crippen LogP contribution is 2.43. The number of hydrogen-bond donors (Lipinski definition) is 0. The summed E-state index contributed by atoms with van der Waals surface area (Å²) in [6.45, 7) is 2.08. The van der Waals surface area contributed by atoms with Crippen LogP contribution in [0.3, 0.4) is 0 Å². The van der Waals surface area contributed by atoms with Gasteiger partial charge in [-0.05, 0) is 48.4 Å². The van der Waals surface area contributed by atoms with E-state index in [1.54, 1.807) is 7.11 Å². The number of hydrogen-bond acceptors (Lipinski definition) is 3. The van der Waals surface area contributed by atoms with Crippen molar-refractivity contribution >= 4 is 11.6 Å². The van der Waals surface area contributed by atoms with E-state index >= 15 is 0 Å². The van der Waals surface area contributed by atoms with Gasteiger partial charge < -0.3 is 9.26 Å². The Morgan fingerprint density at radius 2 is 1.52 bits per heavy atom. The molecule has 0 amide bonds. The van der Waals surface area contributed by atoms with Crippen LogP contribution in [0.25, 0.3) is 33.7 Å². The lowest BCUT2D eigenvalue weighted by Gasteiger charge is -2.09. The highest BCUT2D eigenvalue weighted by molar-refractivity contribution is 6.33. The molecule has 4 heteroatoms. The molecule has 1 aromatic heterocycles. The molecule has 0 fully saturated rings. The summed E-state index contributed by atoms with van der Waals surface area (Å²) in [5.74, 6) is 1.50. The number of nitrogens with zero attached hydrogens (tertiary/aromatic N) is 1. The topological polar surface area (TPSA) is 35.3 Å². The molecule has 0 saturated heterocycles. The molecule has 0 unspecified atom stereocenters. The summed E-state index contributed by atoms with van der Waals surface area (Å²) < 4.78 is 11.1. The third kappa shape index (κ3) is 3.22. The van der Waals surface area contributed by atoms with Gasteiger partial charge in [0.1, 0.15) is 11.4 Å². The van der Waals surface area contributed by atoms with Gasteiger partial charge >= 0.3 is 0 Å². The second-order valence-corrected chi connectivity index (χ2v) is 6.67. The molecule has 0 bridgehead atoms. The molecule has 3 aromatic carbocycles. The maximum atomic E-state index is 6.45. The zero-order chi connectivity index (χ0) is 18.8. The standard InChI is InChI=1S/C23H18ClNO2/c1-15-7-3-4-8-18(15)21-22(19-9-5-6-10-20(19)24)25-27-23(21)16-11-13-17(26-2)14-12-16/h3-14H,1-2H3. The van der Waals surface area contributed by atoms with E-state index in [-0.39, 0.29) is 0 Å². The van der Waals surface area contributed by atoms with Crippen LogP contribution >= 0.6 is 11.6 Å². The smallest absolute Gasteiger partial charge is 0.175 e. The zero-order valence-corrected chi connectivity index (χ0v) is 15.8. The zero-order valence-electron chi connectivity index (χ0n) is 15.1. The summed E-state index contributed by atoms with van der Waals surface area (Å²) in [6.07, 6.45) is 0. The molecule has 0 saturated carbocycles. The van der Waals surface area contributed by atoms with E-state index in [1.807, 2.05) is 60.7 Å². The molecule has 0 aliphatic carbocycles. The molecule has 0 atom stereocenters. The van der Waals surface area contributed by atoms with Gasteiger partial charge in [0.2, 0.25) is 0 Å². The Bertz CT molecular complexity index is 1080. The normalized spacial score (nSPS) is 10.8. The highest BCUT2D eigenvalue weighted by Gasteiger charge is 2.23. The minimum absolute atomic E-state index is 0.641. The van der Waals surface area contributed by atoms with Crippen LogP contribution in [-0.2, 0) is 0 Å². The summed E-state index contributed by atoms with van der Waals surface area (Å²) in [7, 11) is 1.65. The Morgan fingerprint density at radius 3 is 2.19 bits per heavy atom. The molecular weight excluding hydrogens is 358 g/mol. The number of halogens is 1. The van der Waals surface area contributed by atoms with Gasteiger partial charge in [-0.1, -0.05) is 59.2 Å². The molecule has 27 heavy (non-hydrogen) atoms. The van der Waals surface area contributed by atoms with E-state index in [1.165, 1.54) is 0 Å². The predicted octanol–water partition coefficient (Wildman–Crippen LogP) is 6.65. The van der Waals surface area contributed by atoms with Gasteiger partial charge in [0.15, 0.2) is 5.76 Å². The maximum absolute atomic E-state index is 6.45. The largest absolute Gasteiger partial charge is 0.497 e. The van der Waals surface area contributed by atoms with E-state index < -0.39 is 0 Å². The SMILES string of the molecule is COc1ccc(-c2onc(-c3ccccc3Cl)c2-c2ccccc2C)cc1. The Labute approximate surface area is 163 Å². The molecular formula is C23H18ClNO2. The molecule has 0 radical (unpaired) electrons. The van der Waals surface area contributed by atoms with E-state index in [2.05, 4.69) is 24.2 Å². The summed E-state index contributed by atoms with van der Waals surface area (Å²) in [6, 6.07) is 23.6. The van der Waals surface area contributed by atoms with Gasteiger partial charge in [0.25, 0.3) is 0 Å². The number of methoxy groups -OCH3 is 1. The van der Waals surface area contributed by atoms with Crippen molar-refractivity contribution in [3.8, 4) is 39.5 Å². The van der Waals surface area contributed by atoms with Crippen LogP contribution in [0.4, 0.5) is 0 Å². The minimum atomic E-state index is 0.641. The lowest BCUT2D eigenvalue weighted by Crippen LogP contribution is -1.89. The molecule has 0 aliphatic rings. The fourth-order valence-corrected chi connectivity index (χ4v) is 3.40. The fraction of sp³-hybridized carbons (Fsp3) is 0.0870. The van der Waals surface area contributed by atoms with Crippen molar-refractivity contribution in [2.24, 2.45) is 0 Å². The maximum Gasteiger partial charge on any atom is 0.175 e. The minimum Gasteiger partial charge on any atom is -0.497 e. The summed E-state index contributed by atoms with van der Waals surface area (Å²) >= 11 is 6.45.